The van der Waals surface area contributed by atoms with Crippen LogP contribution in [-0.2, 0) is 0 Å². The highest BCUT2D eigenvalue weighted by Crippen LogP contribution is 2.46. The smallest absolute Gasteiger partial charge is 0.252 e. The predicted molar refractivity (Wildman–Crippen MR) is 171 cm³/mol. The Kier molecular flexibility index (Phi) is 5.58. The molecule has 2 aliphatic heterocycles. The summed E-state index contributed by atoms with van der Waals surface area (Å²) in [6, 6.07) is 43.2. The molecule has 0 bridgehead atoms. The molecule has 8 rings (SSSR count). The number of rotatable bonds is 3. The van der Waals surface area contributed by atoms with Crippen LogP contribution in [0.1, 0.15) is 49.1 Å². The Morgan fingerprint density at radius 3 is 1.80 bits per heavy atom. The van der Waals surface area contributed by atoms with Crippen LogP contribution in [-0.4, -0.2) is 6.71 Å². The first-order valence-corrected chi connectivity index (χ1v) is 14.9. The SMILES string of the molecule is Cc1ccc2c(c1)N(c1ccccc1)c1cc(C3CCCCC3)cc3c1B2c1ccccc1N3c1ccccc1. The first kappa shape index (κ1) is 23.6. The normalized spacial score (nSPS) is 15.9. The van der Waals surface area contributed by atoms with E-state index in [0.717, 1.165) is 0 Å². The van der Waals surface area contributed by atoms with Crippen molar-refractivity contribution in [3.05, 3.63) is 126 Å². The molecule has 194 valence electrons. The number of hydrogen-bond acceptors (Lipinski definition) is 2. The minimum Gasteiger partial charge on any atom is -0.311 e. The third-order valence-corrected chi connectivity index (χ3v) is 9.26. The molecule has 0 saturated heterocycles. The van der Waals surface area contributed by atoms with E-state index in [1.165, 1.54) is 93.7 Å². The molecule has 2 heterocycles. The zero-order valence-corrected chi connectivity index (χ0v) is 23.1. The van der Waals surface area contributed by atoms with Gasteiger partial charge in [-0.05, 0) is 102 Å². The maximum absolute atomic E-state index is 2.55. The second-order valence-electron chi connectivity index (χ2n) is 11.7. The molecule has 40 heavy (non-hydrogen) atoms. The Labute approximate surface area is 238 Å². The van der Waals surface area contributed by atoms with Crippen LogP contribution in [0.25, 0.3) is 0 Å². The second-order valence-corrected chi connectivity index (χ2v) is 11.7. The van der Waals surface area contributed by atoms with Gasteiger partial charge in [-0.25, -0.2) is 0 Å². The van der Waals surface area contributed by atoms with E-state index in [2.05, 4.69) is 132 Å². The summed E-state index contributed by atoms with van der Waals surface area (Å²) in [5.41, 5.74) is 14.7. The lowest BCUT2D eigenvalue weighted by atomic mass is 9.33. The lowest BCUT2D eigenvalue weighted by Crippen LogP contribution is -2.61. The molecule has 0 amide bonds. The first-order chi connectivity index (χ1) is 19.8. The van der Waals surface area contributed by atoms with Crippen molar-refractivity contribution in [1.82, 2.24) is 0 Å². The van der Waals surface area contributed by atoms with Crippen LogP contribution in [0.5, 0.6) is 0 Å². The quantitative estimate of drug-likeness (QED) is 0.219. The Morgan fingerprint density at radius 2 is 1.12 bits per heavy atom. The Bertz CT molecular complexity index is 1710. The van der Waals surface area contributed by atoms with Crippen LogP contribution < -0.4 is 26.2 Å². The molecule has 1 aliphatic carbocycles. The van der Waals surface area contributed by atoms with Crippen LogP contribution in [0.4, 0.5) is 34.1 Å². The van der Waals surface area contributed by atoms with Crippen molar-refractivity contribution >= 4 is 57.2 Å². The van der Waals surface area contributed by atoms with Crippen LogP contribution in [0, 0.1) is 6.92 Å². The number of anilines is 6. The van der Waals surface area contributed by atoms with E-state index in [0.29, 0.717) is 5.92 Å². The highest BCUT2D eigenvalue weighted by molar-refractivity contribution is 7.00. The fraction of sp³-hybridized carbons (Fsp3) is 0.189. The zero-order valence-electron chi connectivity index (χ0n) is 23.1. The average Bonchev–Trinajstić information content (AvgIpc) is 3.02. The Morgan fingerprint density at radius 1 is 0.550 bits per heavy atom. The summed E-state index contributed by atoms with van der Waals surface area (Å²) >= 11 is 0. The van der Waals surface area contributed by atoms with Gasteiger partial charge in [0.2, 0.25) is 0 Å². The van der Waals surface area contributed by atoms with Crippen molar-refractivity contribution < 1.29 is 0 Å². The van der Waals surface area contributed by atoms with Crippen molar-refractivity contribution in [3.8, 4) is 0 Å². The Hall–Kier alpha value is -4.24. The molecule has 3 aliphatic rings. The fourth-order valence-corrected chi connectivity index (χ4v) is 7.46. The van der Waals surface area contributed by atoms with Crippen LogP contribution >= 0.6 is 0 Å². The van der Waals surface area contributed by atoms with Crippen molar-refractivity contribution in [2.75, 3.05) is 9.80 Å². The van der Waals surface area contributed by atoms with Crippen molar-refractivity contribution in [2.24, 2.45) is 0 Å². The number of fused-ring (bicyclic) bond motifs is 4. The van der Waals surface area contributed by atoms with Crippen molar-refractivity contribution in [1.29, 1.82) is 0 Å². The van der Waals surface area contributed by atoms with Gasteiger partial charge in [0.25, 0.3) is 6.71 Å². The maximum Gasteiger partial charge on any atom is 0.252 e. The fourth-order valence-electron chi connectivity index (χ4n) is 7.46. The standard InChI is InChI=1S/C37H33BN2/c1-26-21-22-32-34(23-26)40(30-17-9-4-10-18-30)36-25-28(27-13-5-2-6-14-27)24-35-37(36)38(32)31-19-11-12-20-33(31)39(35)29-15-7-3-8-16-29/h3-4,7-12,15-25,27H,2,5-6,13-14H2,1H3. The number of nitrogens with zero attached hydrogens (tertiary/aromatic N) is 2. The average molecular weight is 516 g/mol. The molecule has 0 N–H and O–H groups in total. The lowest BCUT2D eigenvalue weighted by molar-refractivity contribution is 0.444. The first-order valence-electron chi connectivity index (χ1n) is 14.9. The van der Waals surface area contributed by atoms with Crippen LogP contribution in [0.2, 0.25) is 0 Å². The lowest BCUT2D eigenvalue weighted by Gasteiger charge is -2.45. The molecule has 2 nitrogen and oxygen atoms in total. The number of benzene rings is 5. The molecular formula is C37H33BN2. The maximum atomic E-state index is 2.55. The monoisotopic (exact) mass is 516 g/mol. The van der Waals surface area contributed by atoms with Gasteiger partial charge in [-0.15, -0.1) is 0 Å². The van der Waals surface area contributed by atoms with Crippen molar-refractivity contribution in [2.45, 2.75) is 44.9 Å². The third kappa shape index (κ3) is 3.64. The molecule has 0 spiro atoms. The number of hydrogen-bond donors (Lipinski definition) is 0. The molecule has 0 radical (unpaired) electrons. The van der Waals surface area contributed by atoms with Gasteiger partial charge in [-0.2, -0.15) is 0 Å². The van der Waals surface area contributed by atoms with Gasteiger partial charge in [0.05, 0.1) is 0 Å². The van der Waals surface area contributed by atoms with Gasteiger partial charge in [0.15, 0.2) is 0 Å². The van der Waals surface area contributed by atoms with E-state index >= 15 is 0 Å². The molecule has 1 fully saturated rings. The van der Waals surface area contributed by atoms with Gasteiger partial charge in [-0.3, -0.25) is 0 Å². The van der Waals surface area contributed by atoms with Crippen molar-refractivity contribution in [3.63, 3.8) is 0 Å². The summed E-state index contributed by atoms with van der Waals surface area (Å²) in [4.78, 5) is 5.07. The summed E-state index contributed by atoms with van der Waals surface area (Å²) in [6.07, 6.45) is 6.59. The Balaban J connectivity index is 1.48. The molecule has 1 saturated carbocycles. The molecule has 5 aromatic carbocycles. The molecular weight excluding hydrogens is 483 g/mol. The van der Waals surface area contributed by atoms with Gasteiger partial charge in [0.1, 0.15) is 0 Å². The van der Waals surface area contributed by atoms with Crippen LogP contribution in [0.3, 0.4) is 0 Å². The highest BCUT2D eigenvalue weighted by Gasteiger charge is 2.43. The molecule has 0 aromatic heterocycles. The van der Waals surface area contributed by atoms with E-state index in [1.54, 1.807) is 0 Å². The summed E-state index contributed by atoms with van der Waals surface area (Å²) in [6.45, 7) is 2.41. The third-order valence-electron chi connectivity index (χ3n) is 9.26. The minimum absolute atomic E-state index is 0.192. The molecule has 0 atom stereocenters. The van der Waals surface area contributed by atoms with E-state index < -0.39 is 0 Å². The number of aryl methyl sites for hydroxylation is 1. The predicted octanol–water partition coefficient (Wildman–Crippen LogP) is 8.13. The molecule has 3 heteroatoms. The van der Waals surface area contributed by atoms with Gasteiger partial charge in [-0.1, -0.05) is 86.0 Å². The summed E-state index contributed by atoms with van der Waals surface area (Å²) in [7, 11) is 0. The van der Waals surface area contributed by atoms with E-state index in [9.17, 15) is 0 Å². The molecule has 0 unspecified atom stereocenters. The largest absolute Gasteiger partial charge is 0.311 e. The van der Waals surface area contributed by atoms with E-state index in [1.807, 2.05) is 0 Å². The summed E-state index contributed by atoms with van der Waals surface area (Å²) in [5, 5.41) is 0. The molecule has 5 aromatic rings. The van der Waals surface area contributed by atoms with Crippen LogP contribution in [0.15, 0.2) is 115 Å². The highest BCUT2D eigenvalue weighted by atomic mass is 15.2. The minimum atomic E-state index is 0.192. The topological polar surface area (TPSA) is 6.48 Å². The number of para-hydroxylation sites is 3. The van der Waals surface area contributed by atoms with E-state index in [4.69, 9.17) is 0 Å². The zero-order chi connectivity index (χ0) is 26.6. The second kappa shape index (κ2) is 9.45. The summed E-state index contributed by atoms with van der Waals surface area (Å²) < 4.78 is 0. The van der Waals surface area contributed by atoms with Gasteiger partial charge < -0.3 is 9.80 Å². The summed E-state index contributed by atoms with van der Waals surface area (Å²) in [5.74, 6) is 0.611. The van der Waals surface area contributed by atoms with Gasteiger partial charge in [0, 0.05) is 34.1 Å². The van der Waals surface area contributed by atoms with Gasteiger partial charge >= 0.3 is 0 Å². The van der Waals surface area contributed by atoms with E-state index in [-0.39, 0.29) is 6.71 Å².